The quantitative estimate of drug-likeness (QED) is 0.902. The minimum atomic E-state index is -3.62. The number of carboxylic acid groups (broad SMARTS) is 1. The number of benzene rings is 1. The highest BCUT2D eigenvalue weighted by atomic mass is 19.3. The summed E-state index contributed by atoms with van der Waals surface area (Å²) in [6, 6.07) is 4.47. The number of rotatable bonds is 4. The molecule has 1 aliphatic rings. The van der Waals surface area contributed by atoms with E-state index in [2.05, 4.69) is 9.47 Å². The molecule has 1 unspecified atom stereocenters. The van der Waals surface area contributed by atoms with E-state index in [1.54, 1.807) is 13.0 Å². The predicted octanol–water partition coefficient (Wildman–Crippen LogP) is 2.66. The van der Waals surface area contributed by atoms with Crippen LogP contribution < -0.4 is 9.47 Å². The summed E-state index contributed by atoms with van der Waals surface area (Å²) in [6.07, 6.45) is -2.70. The molecule has 0 saturated heterocycles. The maximum Gasteiger partial charge on any atom is 0.586 e. The molecular weight excluding hydrogens is 246 g/mol. The Morgan fingerprint density at radius 1 is 1.39 bits per heavy atom. The second-order valence-electron chi connectivity index (χ2n) is 4.23. The van der Waals surface area contributed by atoms with Crippen LogP contribution in [0.3, 0.4) is 0 Å². The van der Waals surface area contributed by atoms with E-state index in [1.165, 1.54) is 12.1 Å². The Kier molecular flexibility index (Phi) is 3.11. The summed E-state index contributed by atoms with van der Waals surface area (Å²) in [5.74, 6) is -1.37. The van der Waals surface area contributed by atoms with E-state index < -0.39 is 18.2 Å². The molecule has 0 aromatic heterocycles. The number of carboxylic acids is 1. The number of hydrogen-bond donors (Lipinski definition) is 1. The fraction of sp³-hybridized carbons (Fsp3) is 0.417. The summed E-state index contributed by atoms with van der Waals surface area (Å²) in [7, 11) is 0. The van der Waals surface area contributed by atoms with E-state index in [1.807, 2.05) is 0 Å². The van der Waals surface area contributed by atoms with E-state index >= 15 is 0 Å². The smallest absolute Gasteiger partial charge is 0.481 e. The van der Waals surface area contributed by atoms with Crippen LogP contribution >= 0.6 is 0 Å². The summed E-state index contributed by atoms with van der Waals surface area (Å²) in [5, 5.41) is 8.74. The van der Waals surface area contributed by atoms with E-state index in [0.717, 1.165) is 5.56 Å². The lowest BCUT2D eigenvalue weighted by Crippen LogP contribution is -2.25. The third kappa shape index (κ3) is 2.69. The molecule has 0 saturated carbocycles. The topological polar surface area (TPSA) is 55.8 Å². The van der Waals surface area contributed by atoms with Crippen molar-refractivity contribution >= 4 is 5.97 Å². The minimum Gasteiger partial charge on any atom is -0.481 e. The number of alkyl halides is 2. The van der Waals surface area contributed by atoms with Crippen LogP contribution in [0, 0.1) is 5.92 Å². The van der Waals surface area contributed by atoms with E-state index in [9.17, 15) is 13.6 Å². The largest absolute Gasteiger partial charge is 0.586 e. The Morgan fingerprint density at radius 3 is 2.72 bits per heavy atom. The maximum atomic E-state index is 12.8. The first-order valence-electron chi connectivity index (χ1n) is 5.49. The van der Waals surface area contributed by atoms with Crippen LogP contribution in [-0.4, -0.2) is 17.4 Å². The molecule has 4 nitrogen and oxygen atoms in total. The van der Waals surface area contributed by atoms with Crippen LogP contribution in [0.5, 0.6) is 11.5 Å². The van der Waals surface area contributed by atoms with Crippen LogP contribution in [0.1, 0.15) is 18.9 Å². The molecule has 1 atom stereocenters. The van der Waals surface area contributed by atoms with Crippen molar-refractivity contribution < 1.29 is 28.2 Å². The number of ether oxygens (including phenoxy) is 2. The van der Waals surface area contributed by atoms with Gasteiger partial charge in [-0.3, -0.25) is 4.79 Å². The second-order valence-corrected chi connectivity index (χ2v) is 4.23. The first kappa shape index (κ1) is 12.6. The summed E-state index contributed by atoms with van der Waals surface area (Å²) >= 11 is 0. The normalized spacial score (nSPS) is 17.5. The van der Waals surface area contributed by atoms with Gasteiger partial charge in [0.15, 0.2) is 11.5 Å². The SMILES string of the molecule is CC(CCc1ccc2c(c1)OC(F)(F)O2)C(=O)O. The van der Waals surface area contributed by atoms with E-state index in [4.69, 9.17) is 5.11 Å². The van der Waals surface area contributed by atoms with Gasteiger partial charge in [-0.15, -0.1) is 8.78 Å². The van der Waals surface area contributed by atoms with Crippen molar-refractivity contribution in [3.8, 4) is 11.5 Å². The van der Waals surface area contributed by atoms with Gasteiger partial charge in [-0.05, 0) is 30.5 Å². The summed E-state index contributed by atoms with van der Waals surface area (Å²) in [5.41, 5.74) is 0.739. The Morgan fingerprint density at radius 2 is 2.06 bits per heavy atom. The first-order chi connectivity index (χ1) is 8.37. The van der Waals surface area contributed by atoms with Gasteiger partial charge in [0.25, 0.3) is 0 Å². The molecule has 0 spiro atoms. The van der Waals surface area contributed by atoms with Crippen molar-refractivity contribution in [3.63, 3.8) is 0 Å². The van der Waals surface area contributed by atoms with Gasteiger partial charge < -0.3 is 14.6 Å². The highest BCUT2D eigenvalue weighted by Gasteiger charge is 2.43. The maximum absolute atomic E-state index is 12.8. The zero-order valence-electron chi connectivity index (χ0n) is 9.65. The van der Waals surface area contributed by atoms with Crippen LogP contribution in [-0.2, 0) is 11.2 Å². The first-order valence-corrected chi connectivity index (χ1v) is 5.49. The Balaban J connectivity index is 2.03. The van der Waals surface area contributed by atoms with Crippen molar-refractivity contribution in [2.75, 3.05) is 0 Å². The zero-order valence-corrected chi connectivity index (χ0v) is 9.65. The zero-order chi connectivity index (χ0) is 13.3. The van der Waals surface area contributed by atoms with Crippen LogP contribution in [0.15, 0.2) is 18.2 Å². The minimum absolute atomic E-state index is 0.00460. The van der Waals surface area contributed by atoms with E-state index in [0.29, 0.717) is 12.8 Å². The van der Waals surface area contributed by atoms with Crippen molar-refractivity contribution in [1.29, 1.82) is 0 Å². The Hall–Kier alpha value is -1.85. The monoisotopic (exact) mass is 258 g/mol. The van der Waals surface area contributed by atoms with Gasteiger partial charge in [-0.1, -0.05) is 13.0 Å². The number of halogens is 2. The van der Waals surface area contributed by atoms with Gasteiger partial charge in [0.2, 0.25) is 0 Å². The number of carbonyl (C=O) groups is 1. The van der Waals surface area contributed by atoms with Crippen molar-refractivity contribution in [3.05, 3.63) is 23.8 Å². The number of hydrogen-bond acceptors (Lipinski definition) is 3. The molecule has 0 amide bonds. The Bertz CT molecular complexity index is 473. The predicted molar refractivity (Wildman–Crippen MR) is 57.8 cm³/mol. The van der Waals surface area contributed by atoms with Crippen LogP contribution in [0.25, 0.3) is 0 Å². The molecule has 1 aliphatic heterocycles. The summed E-state index contributed by atoms with van der Waals surface area (Å²) in [6.45, 7) is 1.60. The third-order valence-electron chi connectivity index (χ3n) is 2.75. The van der Waals surface area contributed by atoms with Crippen molar-refractivity contribution in [2.24, 2.45) is 5.92 Å². The fourth-order valence-corrected chi connectivity index (χ4v) is 1.66. The molecule has 0 radical (unpaired) electrons. The molecule has 1 N–H and O–H groups in total. The molecule has 98 valence electrons. The van der Waals surface area contributed by atoms with Gasteiger partial charge in [-0.25, -0.2) is 0 Å². The molecular formula is C12H12F2O4. The third-order valence-corrected chi connectivity index (χ3v) is 2.75. The van der Waals surface area contributed by atoms with Crippen LogP contribution in [0.2, 0.25) is 0 Å². The average Bonchev–Trinajstić information content (AvgIpc) is 2.58. The lowest BCUT2D eigenvalue weighted by molar-refractivity contribution is -0.286. The molecule has 6 heteroatoms. The molecule has 1 aromatic rings. The molecule has 2 rings (SSSR count). The molecule has 1 heterocycles. The van der Waals surface area contributed by atoms with Gasteiger partial charge >= 0.3 is 12.3 Å². The van der Waals surface area contributed by atoms with Crippen LogP contribution in [0.4, 0.5) is 8.78 Å². The fourth-order valence-electron chi connectivity index (χ4n) is 1.66. The van der Waals surface area contributed by atoms with Crippen molar-refractivity contribution in [1.82, 2.24) is 0 Å². The lowest BCUT2D eigenvalue weighted by atomic mass is 10.0. The van der Waals surface area contributed by atoms with Gasteiger partial charge in [0.1, 0.15) is 0 Å². The number of aliphatic carboxylic acids is 1. The molecule has 0 aliphatic carbocycles. The molecule has 0 bridgehead atoms. The molecule has 18 heavy (non-hydrogen) atoms. The standard InChI is InChI=1S/C12H12F2O4/c1-7(11(15)16)2-3-8-4-5-9-10(6-8)18-12(13,14)17-9/h4-7H,2-3H2,1H3,(H,15,16). The van der Waals surface area contributed by atoms with E-state index in [-0.39, 0.29) is 11.5 Å². The Labute approximate surface area is 102 Å². The summed E-state index contributed by atoms with van der Waals surface area (Å²) in [4.78, 5) is 10.6. The summed E-state index contributed by atoms with van der Waals surface area (Å²) < 4.78 is 34.1. The molecule has 0 fully saturated rings. The highest BCUT2D eigenvalue weighted by molar-refractivity contribution is 5.69. The average molecular weight is 258 g/mol. The number of aryl methyl sites for hydroxylation is 1. The van der Waals surface area contributed by atoms with Gasteiger partial charge in [-0.2, -0.15) is 0 Å². The van der Waals surface area contributed by atoms with Crippen molar-refractivity contribution in [2.45, 2.75) is 26.1 Å². The second kappa shape index (κ2) is 4.44. The number of fused-ring (bicyclic) bond motifs is 1. The lowest BCUT2D eigenvalue weighted by Gasteiger charge is -2.06. The van der Waals surface area contributed by atoms with Gasteiger partial charge in [0.05, 0.1) is 5.92 Å². The highest BCUT2D eigenvalue weighted by Crippen LogP contribution is 2.41. The molecule has 1 aromatic carbocycles. The van der Waals surface area contributed by atoms with Gasteiger partial charge in [0, 0.05) is 0 Å².